The molecule has 0 saturated heterocycles. The van der Waals surface area contributed by atoms with Crippen molar-refractivity contribution in [3.05, 3.63) is 72.9 Å². The topological polar surface area (TPSA) is 78.9 Å². The zero-order valence-electron chi connectivity index (χ0n) is 49.8. The second kappa shape index (κ2) is 63.4. The fourth-order valence-electron chi connectivity index (χ4n) is 9.35. The molecule has 0 aromatic heterocycles. The molecule has 0 spiro atoms. The molecule has 0 amide bonds. The lowest BCUT2D eigenvalue weighted by Crippen LogP contribution is -2.30. The SMILES string of the molecule is CC/C=C\C/C=C\C/C=C\C/C=C\C/C=C\CCCCCCCCCCCCCCCC(=O)OCC(COC(=O)CCCCCCCCCCCCC)OC(=O)CCCCCCCCC/C=C\CCCCCCCC. The maximum atomic E-state index is 12.9. The monoisotopic (exact) mass is 1050 g/mol. The van der Waals surface area contributed by atoms with Gasteiger partial charge in [0.1, 0.15) is 13.2 Å². The summed E-state index contributed by atoms with van der Waals surface area (Å²) in [5.41, 5.74) is 0. The second-order valence-electron chi connectivity index (χ2n) is 21.6. The number of esters is 3. The van der Waals surface area contributed by atoms with Gasteiger partial charge in [0, 0.05) is 19.3 Å². The molecule has 0 aliphatic rings. The van der Waals surface area contributed by atoms with Gasteiger partial charge in [0.15, 0.2) is 6.10 Å². The van der Waals surface area contributed by atoms with E-state index in [1.54, 1.807) is 0 Å². The van der Waals surface area contributed by atoms with Crippen molar-refractivity contribution in [2.24, 2.45) is 0 Å². The van der Waals surface area contributed by atoms with E-state index < -0.39 is 6.10 Å². The van der Waals surface area contributed by atoms with Crippen molar-refractivity contribution in [1.82, 2.24) is 0 Å². The summed E-state index contributed by atoms with van der Waals surface area (Å²) in [7, 11) is 0. The molecule has 0 aromatic rings. The number of allylic oxidation sites excluding steroid dienone is 12. The van der Waals surface area contributed by atoms with E-state index in [0.717, 1.165) is 89.9 Å². The Morgan fingerprint density at radius 1 is 0.280 bits per heavy atom. The van der Waals surface area contributed by atoms with E-state index in [1.165, 1.54) is 199 Å². The summed E-state index contributed by atoms with van der Waals surface area (Å²) in [4.78, 5) is 38.2. The Bertz CT molecular complexity index is 1390. The van der Waals surface area contributed by atoms with E-state index in [2.05, 4.69) is 93.7 Å². The third-order valence-electron chi connectivity index (χ3n) is 14.2. The van der Waals surface area contributed by atoms with Crippen LogP contribution in [0, 0.1) is 0 Å². The number of ether oxygens (including phenoxy) is 3. The summed E-state index contributed by atoms with van der Waals surface area (Å²) in [5.74, 6) is -0.863. The maximum Gasteiger partial charge on any atom is 0.306 e. The van der Waals surface area contributed by atoms with E-state index in [4.69, 9.17) is 14.2 Å². The Hall–Kier alpha value is -3.15. The highest BCUT2D eigenvalue weighted by molar-refractivity contribution is 5.71. The van der Waals surface area contributed by atoms with Crippen molar-refractivity contribution in [3.8, 4) is 0 Å². The zero-order valence-corrected chi connectivity index (χ0v) is 49.8. The molecule has 6 nitrogen and oxygen atoms in total. The Kier molecular flexibility index (Phi) is 60.7. The number of rotatable bonds is 59. The highest BCUT2D eigenvalue weighted by Gasteiger charge is 2.19. The first-order chi connectivity index (χ1) is 37.0. The minimum atomic E-state index is -0.775. The van der Waals surface area contributed by atoms with Crippen LogP contribution in [0.15, 0.2) is 72.9 Å². The van der Waals surface area contributed by atoms with Gasteiger partial charge in [-0.1, -0.05) is 293 Å². The van der Waals surface area contributed by atoms with Crippen LogP contribution in [-0.2, 0) is 28.6 Å². The molecule has 0 heterocycles. The van der Waals surface area contributed by atoms with Crippen molar-refractivity contribution in [3.63, 3.8) is 0 Å². The zero-order chi connectivity index (χ0) is 54.3. The van der Waals surface area contributed by atoms with Crippen LogP contribution in [0.2, 0.25) is 0 Å². The Balaban J connectivity index is 4.20. The maximum absolute atomic E-state index is 12.9. The van der Waals surface area contributed by atoms with Crippen LogP contribution in [0.4, 0.5) is 0 Å². The molecule has 434 valence electrons. The number of hydrogen-bond donors (Lipinski definition) is 0. The Morgan fingerprint density at radius 2 is 0.520 bits per heavy atom. The molecule has 0 aliphatic carbocycles. The summed E-state index contributed by atoms with van der Waals surface area (Å²) in [6.45, 7) is 6.55. The average Bonchev–Trinajstić information content (AvgIpc) is 3.41. The molecule has 0 aromatic carbocycles. The minimum absolute atomic E-state index is 0.0729. The Labute approximate surface area is 465 Å². The lowest BCUT2D eigenvalue weighted by molar-refractivity contribution is -0.167. The average molecular weight is 1050 g/mol. The molecule has 0 fully saturated rings. The van der Waals surface area contributed by atoms with Gasteiger partial charge in [-0.3, -0.25) is 14.4 Å². The third kappa shape index (κ3) is 61.6. The van der Waals surface area contributed by atoms with Gasteiger partial charge in [-0.25, -0.2) is 0 Å². The van der Waals surface area contributed by atoms with Gasteiger partial charge in [-0.2, -0.15) is 0 Å². The predicted octanol–water partition coefficient (Wildman–Crippen LogP) is 22.1. The first-order valence-electron chi connectivity index (χ1n) is 32.4. The molecule has 0 bridgehead atoms. The van der Waals surface area contributed by atoms with Crippen molar-refractivity contribution in [1.29, 1.82) is 0 Å². The summed E-state index contributed by atoms with van der Waals surface area (Å²) in [5, 5.41) is 0. The van der Waals surface area contributed by atoms with Crippen molar-refractivity contribution >= 4 is 17.9 Å². The Morgan fingerprint density at radius 3 is 0.827 bits per heavy atom. The molecule has 0 saturated carbocycles. The third-order valence-corrected chi connectivity index (χ3v) is 14.2. The largest absolute Gasteiger partial charge is 0.462 e. The normalized spacial score (nSPS) is 12.5. The highest BCUT2D eigenvalue weighted by atomic mass is 16.6. The first-order valence-corrected chi connectivity index (χ1v) is 32.4. The van der Waals surface area contributed by atoms with Gasteiger partial charge >= 0.3 is 17.9 Å². The minimum Gasteiger partial charge on any atom is -0.462 e. The standard InChI is InChI=1S/C69H122O6/c1-4-7-10-13-16-19-22-24-26-28-29-30-31-32-33-34-35-36-37-38-39-41-42-44-47-50-53-56-59-62-68(71)74-65-66(64-73-67(70)61-58-55-52-49-46-21-18-15-12-9-6-3)75-69(72)63-60-57-54-51-48-45-43-40-27-25-23-20-17-14-11-8-5-2/h7,10,16,19,24-27,29-30,32-33,66H,4-6,8-9,11-15,17-18,20-23,28,31,34-65H2,1-3H3/b10-7-,19-16-,26-24-,27-25-,30-29-,33-32-. The van der Waals surface area contributed by atoms with Crippen LogP contribution in [0.3, 0.4) is 0 Å². The van der Waals surface area contributed by atoms with Crippen LogP contribution < -0.4 is 0 Å². The van der Waals surface area contributed by atoms with E-state index in [-0.39, 0.29) is 31.1 Å². The first kappa shape index (κ1) is 71.8. The van der Waals surface area contributed by atoms with Gasteiger partial charge in [0.2, 0.25) is 0 Å². The molecule has 0 aliphatic heterocycles. The number of carbonyl (C=O) groups excluding carboxylic acids is 3. The second-order valence-corrected chi connectivity index (χ2v) is 21.6. The number of carbonyl (C=O) groups is 3. The predicted molar refractivity (Wildman–Crippen MR) is 325 cm³/mol. The molecular formula is C69H122O6. The lowest BCUT2D eigenvalue weighted by atomic mass is 10.0. The van der Waals surface area contributed by atoms with E-state index in [0.29, 0.717) is 19.3 Å². The quantitative estimate of drug-likeness (QED) is 0.0261. The van der Waals surface area contributed by atoms with Gasteiger partial charge in [0.25, 0.3) is 0 Å². The molecule has 6 heteroatoms. The molecular weight excluding hydrogens is 925 g/mol. The highest BCUT2D eigenvalue weighted by Crippen LogP contribution is 2.17. The van der Waals surface area contributed by atoms with E-state index >= 15 is 0 Å². The van der Waals surface area contributed by atoms with Crippen LogP contribution in [0.5, 0.6) is 0 Å². The summed E-state index contributed by atoms with van der Waals surface area (Å²) in [6.07, 6.45) is 82.0. The molecule has 75 heavy (non-hydrogen) atoms. The van der Waals surface area contributed by atoms with Crippen LogP contribution >= 0.6 is 0 Å². The van der Waals surface area contributed by atoms with Crippen molar-refractivity contribution in [2.45, 2.75) is 335 Å². The molecule has 1 atom stereocenters. The van der Waals surface area contributed by atoms with Gasteiger partial charge in [0.05, 0.1) is 0 Å². The van der Waals surface area contributed by atoms with Crippen LogP contribution in [0.25, 0.3) is 0 Å². The van der Waals surface area contributed by atoms with Gasteiger partial charge in [-0.05, 0) is 89.9 Å². The number of hydrogen-bond acceptors (Lipinski definition) is 6. The number of unbranched alkanes of at least 4 members (excludes halogenated alkanes) is 36. The fourth-order valence-corrected chi connectivity index (χ4v) is 9.35. The summed E-state index contributed by atoms with van der Waals surface area (Å²) < 4.78 is 16.9. The van der Waals surface area contributed by atoms with Crippen molar-refractivity contribution in [2.75, 3.05) is 13.2 Å². The molecule has 1 unspecified atom stereocenters. The molecule has 0 rings (SSSR count). The smallest absolute Gasteiger partial charge is 0.306 e. The molecule has 0 N–H and O–H groups in total. The van der Waals surface area contributed by atoms with Crippen molar-refractivity contribution < 1.29 is 28.6 Å². The fraction of sp³-hybridized carbons (Fsp3) is 0.783. The lowest BCUT2D eigenvalue weighted by Gasteiger charge is -2.18. The van der Waals surface area contributed by atoms with E-state index in [1.807, 2.05) is 0 Å². The van der Waals surface area contributed by atoms with Gasteiger partial charge < -0.3 is 14.2 Å². The van der Waals surface area contributed by atoms with Crippen LogP contribution in [0.1, 0.15) is 329 Å². The van der Waals surface area contributed by atoms with Crippen LogP contribution in [-0.4, -0.2) is 37.2 Å². The van der Waals surface area contributed by atoms with Gasteiger partial charge in [-0.15, -0.1) is 0 Å². The summed E-state index contributed by atoms with van der Waals surface area (Å²) in [6, 6.07) is 0. The molecule has 0 radical (unpaired) electrons. The summed E-state index contributed by atoms with van der Waals surface area (Å²) >= 11 is 0. The van der Waals surface area contributed by atoms with E-state index in [9.17, 15) is 14.4 Å².